The Hall–Kier alpha value is -2.74. The maximum Gasteiger partial charge on any atom is 0.322 e. The number of anilines is 1. The Kier molecular flexibility index (Phi) is 7.50. The topological polar surface area (TPSA) is 84.9 Å². The van der Waals surface area contributed by atoms with E-state index in [0.29, 0.717) is 18.0 Å². The summed E-state index contributed by atoms with van der Waals surface area (Å²) in [7, 11) is -2.09. The summed E-state index contributed by atoms with van der Waals surface area (Å²) in [6, 6.07) is 13.6. The minimum atomic E-state index is -3.64. The molecule has 2 rings (SSSR count). The van der Waals surface area contributed by atoms with Gasteiger partial charge in [-0.25, -0.2) is 4.79 Å². The fourth-order valence-electron chi connectivity index (χ4n) is 2.50. The van der Waals surface area contributed by atoms with E-state index in [-0.39, 0.29) is 17.8 Å². The van der Waals surface area contributed by atoms with E-state index in [1.54, 1.807) is 62.3 Å². The number of ether oxygens (including phenoxy) is 1. The third kappa shape index (κ3) is 6.12. The van der Waals surface area contributed by atoms with Crippen LogP contribution in [-0.2, 0) is 16.7 Å². The van der Waals surface area contributed by atoms with Gasteiger partial charge in [0.15, 0.2) is 0 Å². The lowest BCUT2D eigenvalue weighted by Crippen LogP contribution is -2.39. The van der Waals surface area contributed by atoms with Crippen LogP contribution < -0.4 is 14.2 Å². The Balaban J connectivity index is 2.11. The molecule has 158 valence electrons. The molecule has 0 aromatic heterocycles. The first-order chi connectivity index (χ1) is 13.6. The zero-order valence-electron chi connectivity index (χ0n) is 17.4. The Morgan fingerprint density at radius 2 is 1.66 bits per heavy atom. The zero-order chi connectivity index (χ0) is 21.6. The van der Waals surface area contributed by atoms with Gasteiger partial charge in [0.2, 0.25) is 0 Å². The summed E-state index contributed by atoms with van der Waals surface area (Å²) >= 11 is 0. The van der Waals surface area contributed by atoms with E-state index in [1.807, 2.05) is 26.0 Å². The highest BCUT2D eigenvalue weighted by atomic mass is 32.2. The standard InChI is InChI=1S/C21H28N2O5S/c1-15(2)23(21(24)22-19-8-6-7-9-20(19)27-5)14-17-10-12-18(13-11-17)28-29(25,26)16(3)4/h6-13,15-16H,14H2,1-5H3,(H,22,24). The lowest BCUT2D eigenvalue weighted by Gasteiger charge is -2.27. The average Bonchev–Trinajstić information content (AvgIpc) is 2.67. The SMILES string of the molecule is COc1ccccc1NC(=O)N(Cc1ccc(OS(=O)(=O)C(C)C)cc1)C(C)C. The van der Waals surface area contributed by atoms with Crippen LogP contribution in [0.3, 0.4) is 0 Å². The molecule has 2 aromatic carbocycles. The molecule has 0 fully saturated rings. The van der Waals surface area contributed by atoms with Crippen LogP contribution in [0.2, 0.25) is 0 Å². The monoisotopic (exact) mass is 420 g/mol. The maximum atomic E-state index is 12.8. The highest BCUT2D eigenvalue weighted by molar-refractivity contribution is 7.87. The number of amides is 2. The van der Waals surface area contributed by atoms with Gasteiger partial charge in [-0.2, -0.15) is 8.42 Å². The minimum absolute atomic E-state index is 0.0537. The minimum Gasteiger partial charge on any atom is -0.495 e. The molecule has 1 N–H and O–H groups in total. The van der Waals surface area contributed by atoms with Gasteiger partial charge in [-0.15, -0.1) is 0 Å². The number of nitrogens with one attached hydrogen (secondary N) is 1. The van der Waals surface area contributed by atoms with Crippen LogP contribution in [0.25, 0.3) is 0 Å². The Morgan fingerprint density at radius 3 is 2.21 bits per heavy atom. The van der Waals surface area contributed by atoms with Crippen molar-refractivity contribution in [1.82, 2.24) is 4.90 Å². The van der Waals surface area contributed by atoms with Crippen LogP contribution in [-0.4, -0.2) is 37.8 Å². The number of hydrogen-bond acceptors (Lipinski definition) is 5. The van der Waals surface area contributed by atoms with E-state index in [9.17, 15) is 13.2 Å². The number of rotatable bonds is 8. The van der Waals surface area contributed by atoms with Gasteiger partial charge < -0.3 is 19.1 Å². The molecule has 0 unspecified atom stereocenters. The molecule has 0 bridgehead atoms. The number of carbonyl (C=O) groups is 1. The van der Waals surface area contributed by atoms with E-state index in [2.05, 4.69) is 5.32 Å². The van der Waals surface area contributed by atoms with Crippen LogP contribution in [0.5, 0.6) is 11.5 Å². The summed E-state index contributed by atoms with van der Waals surface area (Å²) in [4.78, 5) is 14.5. The molecule has 0 saturated carbocycles. The van der Waals surface area contributed by atoms with Crippen molar-refractivity contribution in [2.45, 2.75) is 45.5 Å². The zero-order valence-corrected chi connectivity index (χ0v) is 18.2. The van der Waals surface area contributed by atoms with Crippen molar-refractivity contribution < 1.29 is 22.1 Å². The summed E-state index contributed by atoms with van der Waals surface area (Å²) in [6.07, 6.45) is 0. The molecular weight excluding hydrogens is 392 g/mol. The van der Waals surface area contributed by atoms with Crippen LogP contribution in [0.15, 0.2) is 48.5 Å². The van der Waals surface area contributed by atoms with Gasteiger partial charge >= 0.3 is 16.1 Å². The fraction of sp³-hybridized carbons (Fsp3) is 0.381. The summed E-state index contributed by atoms with van der Waals surface area (Å²) in [5.41, 5.74) is 1.44. The van der Waals surface area contributed by atoms with Gasteiger partial charge in [-0.3, -0.25) is 0 Å². The lowest BCUT2D eigenvalue weighted by atomic mass is 10.2. The second kappa shape index (κ2) is 9.65. The summed E-state index contributed by atoms with van der Waals surface area (Å²) in [5, 5.41) is 2.25. The van der Waals surface area contributed by atoms with Gasteiger partial charge in [0.1, 0.15) is 11.5 Å². The van der Waals surface area contributed by atoms with Crippen molar-refractivity contribution in [3.63, 3.8) is 0 Å². The quantitative estimate of drug-likeness (QED) is 0.645. The molecule has 0 saturated heterocycles. The third-order valence-electron chi connectivity index (χ3n) is 4.30. The molecule has 0 heterocycles. The molecule has 29 heavy (non-hydrogen) atoms. The van der Waals surface area contributed by atoms with E-state index in [0.717, 1.165) is 5.56 Å². The number of hydrogen-bond donors (Lipinski definition) is 1. The predicted octanol–water partition coefficient (Wildman–Crippen LogP) is 4.25. The van der Waals surface area contributed by atoms with Crippen molar-refractivity contribution in [2.75, 3.05) is 12.4 Å². The number of carbonyl (C=O) groups excluding carboxylic acids is 1. The molecule has 7 nitrogen and oxygen atoms in total. The van der Waals surface area contributed by atoms with E-state index in [1.165, 1.54) is 0 Å². The van der Waals surface area contributed by atoms with Crippen LogP contribution in [0, 0.1) is 0 Å². The van der Waals surface area contributed by atoms with Gasteiger partial charge in [0.25, 0.3) is 0 Å². The third-order valence-corrected chi connectivity index (χ3v) is 5.88. The summed E-state index contributed by atoms with van der Waals surface area (Å²) in [6.45, 7) is 7.33. The van der Waals surface area contributed by atoms with Crippen molar-refractivity contribution >= 4 is 21.8 Å². The normalized spacial score (nSPS) is 11.4. The first-order valence-electron chi connectivity index (χ1n) is 9.37. The molecule has 0 radical (unpaired) electrons. The fourth-order valence-corrected chi connectivity index (χ4v) is 3.07. The van der Waals surface area contributed by atoms with E-state index in [4.69, 9.17) is 8.92 Å². The molecule has 0 aliphatic heterocycles. The van der Waals surface area contributed by atoms with Crippen molar-refractivity contribution in [3.05, 3.63) is 54.1 Å². The highest BCUT2D eigenvalue weighted by Crippen LogP contribution is 2.24. The van der Waals surface area contributed by atoms with Crippen molar-refractivity contribution in [3.8, 4) is 11.5 Å². The molecular formula is C21H28N2O5S. The van der Waals surface area contributed by atoms with Gasteiger partial charge in [0, 0.05) is 12.6 Å². The molecule has 2 amide bonds. The van der Waals surface area contributed by atoms with Gasteiger partial charge in [0.05, 0.1) is 18.0 Å². The van der Waals surface area contributed by atoms with Crippen LogP contribution in [0.1, 0.15) is 33.3 Å². The molecule has 0 aliphatic carbocycles. The number of para-hydroxylation sites is 2. The highest BCUT2D eigenvalue weighted by Gasteiger charge is 2.20. The Labute approximate surface area is 172 Å². The van der Waals surface area contributed by atoms with Crippen LogP contribution >= 0.6 is 0 Å². The van der Waals surface area contributed by atoms with Crippen LogP contribution in [0.4, 0.5) is 10.5 Å². The molecule has 2 aromatic rings. The molecule has 8 heteroatoms. The van der Waals surface area contributed by atoms with Gasteiger partial charge in [-0.1, -0.05) is 24.3 Å². The van der Waals surface area contributed by atoms with E-state index >= 15 is 0 Å². The number of benzene rings is 2. The Bertz CT molecular complexity index is 924. The maximum absolute atomic E-state index is 12.8. The second-order valence-corrected chi connectivity index (χ2v) is 9.22. The first-order valence-corrected chi connectivity index (χ1v) is 10.8. The van der Waals surface area contributed by atoms with E-state index < -0.39 is 15.4 Å². The first kappa shape index (κ1) is 22.5. The molecule has 0 spiro atoms. The summed E-state index contributed by atoms with van der Waals surface area (Å²) < 4.78 is 34.1. The number of methoxy groups -OCH3 is 1. The largest absolute Gasteiger partial charge is 0.495 e. The Morgan fingerprint density at radius 1 is 1.03 bits per heavy atom. The average molecular weight is 421 g/mol. The number of urea groups is 1. The number of nitrogens with zero attached hydrogens (tertiary/aromatic N) is 1. The smallest absolute Gasteiger partial charge is 0.322 e. The lowest BCUT2D eigenvalue weighted by molar-refractivity contribution is 0.193. The summed E-state index contributed by atoms with van der Waals surface area (Å²) in [5.74, 6) is 0.828. The van der Waals surface area contributed by atoms with Crippen molar-refractivity contribution in [1.29, 1.82) is 0 Å². The molecule has 0 atom stereocenters. The van der Waals surface area contributed by atoms with Crippen molar-refractivity contribution in [2.24, 2.45) is 0 Å². The second-order valence-electron chi connectivity index (χ2n) is 7.12. The van der Waals surface area contributed by atoms with Gasteiger partial charge in [-0.05, 0) is 57.5 Å². The predicted molar refractivity (Wildman–Crippen MR) is 114 cm³/mol. The molecule has 0 aliphatic rings.